The van der Waals surface area contributed by atoms with Crippen molar-refractivity contribution in [1.29, 1.82) is 0 Å². The zero-order chi connectivity index (χ0) is 9.73. The molecule has 78 valence electrons. The molecule has 0 saturated carbocycles. The summed E-state index contributed by atoms with van der Waals surface area (Å²) >= 11 is 0. The van der Waals surface area contributed by atoms with Gasteiger partial charge in [0, 0.05) is 13.1 Å². The average molecular weight is 184 g/mol. The molecular weight excluding hydrogens is 160 g/mol. The number of nitrogens with one attached hydrogen (secondary N) is 1. The van der Waals surface area contributed by atoms with Crippen LogP contribution in [0.3, 0.4) is 0 Å². The molecule has 0 unspecified atom stereocenters. The van der Waals surface area contributed by atoms with E-state index in [0.29, 0.717) is 5.41 Å². The van der Waals surface area contributed by atoms with E-state index in [4.69, 9.17) is 0 Å². The van der Waals surface area contributed by atoms with Crippen LogP contribution in [0.15, 0.2) is 0 Å². The van der Waals surface area contributed by atoms with Gasteiger partial charge in [-0.15, -0.1) is 0 Å². The van der Waals surface area contributed by atoms with Crippen molar-refractivity contribution >= 4 is 0 Å². The lowest BCUT2D eigenvalue weighted by Crippen LogP contribution is -2.55. The highest BCUT2D eigenvalue weighted by Gasteiger charge is 2.38. The first-order valence-electron chi connectivity index (χ1n) is 5.63. The zero-order valence-electron chi connectivity index (χ0n) is 9.40. The Hall–Kier alpha value is -0.0800. The van der Waals surface area contributed by atoms with Gasteiger partial charge >= 0.3 is 0 Å². The van der Waals surface area contributed by atoms with Crippen molar-refractivity contribution in [2.75, 3.05) is 33.2 Å². The molecule has 0 spiro atoms. The van der Waals surface area contributed by atoms with E-state index in [1.54, 1.807) is 0 Å². The van der Waals surface area contributed by atoms with Crippen LogP contribution < -0.4 is 5.32 Å². The van der Waals surface area contributed by atoms with Gasteiger partial charge in [-0.25, -0.2) is 0 Å². The van der Waals surface area contributed by atoms with Gasteiger partial charge in [-0.05, 0) is 44.8 Å². The maximum atomic E-state index is 3.19. The van der Waals surface area contributed by atoms with Crippen LogP contribution in [0.25, 0.3) is 0 Å². The highest BCUT2D eigenvalue weighted by molar-refractivity contribution is 4.92. The topological polar surface area (TPSA) is 15.3 Å². The second kappa shape index (κ2) is 4.97. The minimum Gasteiger partial charge on any atom is -0.320 e. The maximum Gasteiger partial charge on any atom is 0.00503 e. The molecule has 1 fully saturated rings. The SMILES string of the molecule is CCC1(CC)CN(CCCNC)C1. The molecule has 1 heterocycles. The Kier molecular flexibility index (Phi) is 4.20. The van der Waals surface area contributed by atoms with Crippen molar-refractivity contribution in [2.24, 2.45) is 5.41 Å². The first kappa shape index (κ1) is 11.0. The van der Waals surface area contributed by atoms with Crippen LogP contribution in [0, 0.1) is 5.41 Å². The summed E-state index contributed by atoms with van der Waals surface area (Å²) in [5, 5.41) is 3.19. The maximum absolute atomic E-state index is 3.19. The molecule has 1 N–H and O–H groups in total. The van der Waals surface area contributed by atoms with Gasteiger partial charge in [-0.2, -0.15) is 0 Å². The molecule has 0 aromatic carbocycles. The lowest BCUT2D eigenvalue weighted by Gasteiger charge is -2.50. The van der Waals surface area contributed by atoms with E-state index in [9.17, 15) is 0 Å². The van der Waals surface area contributed by atoms with Crippen LogP contribution >= 0.6 is 0 Å². The Morgan fingerprint density at radius 2 is 1.85 bits per heavy atom. The van der Waals surface area contributed by atoms with Gasteiger partial charge in [0.05, 0.1) is 0 Å². The molecule has 0 aromatic heterocycles. The Morgan fingerprint density at radius 1 is 1.23 bits per heavy atom. The van der Waals surface area contributed by atoms with Crippen LogP contribution in [-0.4, -0.2) is 38.1 Å². The van der Waals surface area contributed by atoms with E-state index in [2.05, 4.69) is 24.1 Å². The second-order valence-electron chi connectivity index (χ2n) is 4.37. The summed E-state index contributed by atoms with van der Waals surface area (Å²) in [5.74, 6) is 0. The first-order chi connectivity index (χ1) is 6.26. The molecule has 0 radical (unpaired) electrons. The lowest BCUT2D eigenvalue weighted by molar-refractivity contribution is -0.00612. The molecule has 13 heavy (non-hydrogen) atoms. The summed E-state index contributed by atoms with van der Waals surface area (Å²) in [4.78, 5) is 2.59. The second-order valence-corrected chi connectivity index (χ2v) is 4.37. The number of nitrogens with zero attached hydrogens (tertiary/aromatic N) is 1. The molecule has 1 saturated heterocycles. The minimum absolute atomic E-state index is 0.680. The van der Waals surface area contributed by atoms with Crippen molar-refractivity contribution in [3.8, 4) is 0 Å². The fraction of sp³-hybridized carbons (Fsp3) is 1.00. The molecule has 0 aromatic rings. The summed E-state index contributed by atoms with van der Waals surface area (Å²) in [6.07, 6.45) is 4.00. The van der Waals surface area contributed by atoms with Crippen molar-refractivity contribution in [2.45, 2.75) is 33.1 Å². The Morgan fingerprint density at radius 3 is 2.31 bits per heavy atom. The number of hydrogen-bond acceptors (Lipinski definition) is 2. The third-order valence-corrected chi connectivity index (χ3v) is 3.52. The van der Waals surface area contributed by atoms with Crippen LogP contribution in [0.1, 0.15) is 33.1 Å². The summed E-state index contributed by atoms with van der Waals surface area (Å²) in [6.45, 7) is 9.76. The Labute approximate surface area is 82.7 Å². The molecular formula is C11H24N2. The quantitative estimate of drug-likeness (QED) is 0.632. The Balaban J connectivity index is 2.09. The molecule has 1 rings (SSSR count). The van der Waals surface area contributed by atoms with E-state index >= 15 is 0 Å². The van der Waals surface area contributed by atoms with Gasteiger partial charge in [0.2, 0.25) is 0 Å². The molecule has 2 nitrogen and oxygen atoms in total. The highest BCUT2D eigenvalue weighted by atomic mass is 15.2. The summed E-state index contributed by atoms with van der Waals surface area (Å²) < 4.78 is 0. The van der Waals surface area contributed by atoms with Crippen LogP contribution in [0.2, 0.25) is 0 Å². The number of likely N-dealkylation sites (tertiary alicyclic amines) is 1. The van der Waals surface area contributed by atoms with E-state index in [1.165, 1.54) is 38.9 Å². The minimum atomic E-state index is 0.680. The first-order valence-corrected chi connectivity index (χ1v) is 5.63. The lowest BCUT2D eigenvalue weighted by atomic mass is 9.75. The van der Waals surface area contributed by atoms with E-state index in [0.717, 1.165) is 6.54 Å². The fourth-order valence-electron chi connectivity index (χ4n) is 2.24. The van der Waals surface area contributed by atoms with Gasteiger partial charge in [0.1, 0.15) is 0 Å². The summed E-state index contributed by atoms with van der Waals surface area (Å²) in [5.41, 5.74) is 0.680. The van der Waals surface area contributed by atoms with Gasteiger partial charge in [0.15, 0.2) is 0 Å². The zero-order valence-corrected chi connectivity index (χ0v) is 9.40. The van der Waals surface area contributed by atoms with Crippen LogP contribution in [0.5, 0.6) is 0 Å². The van der Waals surface area contributed by atoms with Crippen LogP contribution in [0.4, 0.5) is 0 Å². The van der Waals surface area contributed by atoms with Gasteiger partial charge < -0.3 is 10.2 Å². The van der Waals surface area contributed by atoms with Gasteiger partial charge in [-0.3, -0.25) is 0 Å². The molecule has 0 bridgehead atoms. The molecule has 0 aliphatic carbocycles. The number of rotatable bonds is 6. The fourth-order valence-corrected chi connectivity index (χ4v) is 2.24. The van der Waals surface area contributed by atoms with Crippen molar-refractivity contribution in [3.05, 3.63) is 0 Å². The molecule has 1 aliphatic heterocycles. The van der Waals surface area contributed by atoms with E-state index in [-0.39, 0.29) is 0 Å². The molecule has 0 amide bonds. The standard InChI is InChI=1S/C11H24N2/c1-4-11(5-2)9-13(10-11)8-6-7-12-3/h12H,4-10H2,1-3H3. The predicted octanol–water partition coefficient (Wildman–Crippen LogP) is 1.72. The van der Waals surface area contributed by atoms with E-state index in [1.807, 2.05) is 7.05 Å². The normalized spacial score (nSPS) is 21.5. The van der Waals surface area contributed by atoms with E-state index < -0.39 is 0 Å². The van der Waals surface area contributed by atoms with Gasteiger partial charge in [0.25, 0.3) is 0 Å². The van der Waals surface area contributed by atoms with Crippen molar-refractivity contribution in [3.63, 3.8) is 0 Å². The molecule has 2 heteroatoms. The van der Waals surface area contributed by atoms with Crippen molar-refractivity contribution in [1.82, 2.24) is 10.2 Å². The average Bonchev–Trinajstić information content (AvgIpc) is 2.10. The monoisotopic (exact) mass is 184 g/mol. The third-order valence-electron chi connectivity index (χ3n) is 3.52. The molecule has 0 atom stereocenters. The van der Waals surface area contributed by atoms with Crippen LogP contribution in [-0.2, 0) is 0 Å². The number of hydrogen-bond donors (Lipinski definition) is 1. The Bertz CT molecular complexity index is 133. The summed E-state index contributed by atoms with van der Waals surface area (Å²) in [7, 11) is 2.03. The highest BCUT2D eigenvalue weighted by Crippen LogP contribution is 2.36. The molecule has 1 aliphatic rings. The predicted molar refractivity (Wildman–Crippen MR) is 58.0 cm³/mol. The van der Waals surface area contributed by atoms with Gasteiger partial charge in [-0.1, -0.05) is 13.8 Å². The van der Waals surface area contributed by atoms with Crippen molar-refractivity contribution < 1.29 is 0 Å². The smallest absolute Gasteiger partial charge is 0.00503 e. The largest absolute Gasteiger partial charge is 0.320 e. The third kappa shape index (κ3) is 2.68. The summed E-state index contributed by atoms with van der Waals surface area (Å²) in [6, 6.07) is 0.